The minimum atomic E-state index is -0.440. The summed E-state index contributed by atoms with van der Waals surface area (Å²) in [6.07, 6.45) is 1.34. The van der Waals surface area contributed by atoms with Crippen molar-refractivity contribution in [2.75, 3.05) is 38.4 Å². The van der Waals surface area contributed by atoms with Crippen LogP contribution in [0.1, 0.15) is 12.8 Å². The minimum absolute atomic E-state index is 0.00706. The molecule has 6 heteroatoms. The molecule has 1 heterocycles. The maximum absolute atomic E-state index is 11.0. The van der Waals surface area contributed by atoms with E-state index in [-0.39, 0.29) is 12.2 Å². The van der Waals surface area contributed by atoms with Crippen molar-refractivity contribution in [3.8, 4) is 0 Å². The van der Waals surface area contributed by atoms with Crippen molar-refractivity contribution in [3.63, 3.8) is 0 Å². The maximum atomic E-state index is 11.0. The van der Waals surface area contributed by atoms with Gasteiger partial charge in [0.05, 0.1) is 25.9 Å². The van der Waals surface area contributed by atoms with Crippen LogP contribution in [0, 0.1) is 0 Å². The topological polar surface area (TPSA) is 67.8 Å². The Hall–Kier alpha value is -0.460. The van der Waals surface area contributed by atoms with Gasteiger partial charge in [-0.25, -0.2) is 4.79 Å². The Morgan fingerprint density at radius 1 is 1.50 bits per heavy atom. The van der Waals surface area contributed by atoms with Crippen molar-refractivity contribution in [2.24, 2.45) is 0 Å². The van der Waals surface area contributed by atoms with Crippen LogP contribution in [0.4, 0.5) is 4.79 Å². The number of nitrogens with one attached hydrogen (secondary N) is 1. The highest BCUT2D eigenvalue weighted by molar-refractivity contribution is 7.99. The van der Waals surface area contributed by atoms with Crippen LogP contribution < -0.4 is 5.32 Å². The molecule has 0 atom stereocenters. The predicted molar refractivity (Wildman–Crippen MR) is 62.7 cm³/mol. The number of amides is 1. The molecule has 0 aromatic heterocycles. The van der Waals surface area contributed by atoms with Crippen molar-refractivity contribution >= 4 is 17.9 Å². The Kier molecular flexibility index (Phi) is 5.94. The van der Waals surface area contributed by atoms with Gasteiger partial charge in [-0.2, -0.15) is 11.8 Å². The van der Waals surface area contributed by atoms with E-state index in [0.717, 1.165) is 24.3 Å². The first-order chi connectivity index (χ1) is 7.72. The van der Waals surface area contributed by atoms with Gasteiger partial charge in [-0.05, 0) is 24.3 Å². The minimum Gasteiger partial charge on any atom is -0.453 e. The summed E-state index contributed by atoms with van der Waals surface area (Å²) >= 11 is 1.88. The molecule has 1 saturated heterocycles. The summed E-state index contributed by atoms with van der Waals surface area (Å²) in [4.78, 5) is 11.0. The molecule has 1 aliphatic rings. The summed E-state index contributed by atoms with van der Waals surface area (Å²) in [6.45, 7) is 0.765. The molecule has 1 fully saturated rings. The molecule has 94 valence electrons. The molecule has 0 saturated carbocycles. The zero-order chi connectivity index (χ0) is 11.9. The molecule has 0 radical (unpaired) electrons. The number of aliphatic hydroxyl groups excluding tert-OH is 1. The second-order valence-electron chi connectivity index (χ2n) is 3.71. The van der Waals surface area contributed by atoms with Crippen LogP contribution in [0.2, 0.25) is 0 Å². The lowest BCUT2D eigenvalue weighted by Crippen LogP contribution is -2.48. The van der Waals surface area contributed by atoms with Gasteiger partial charge in [0.1, 0.15) is 0 Å². The third-order valence-electron chi connectivity index (χ3n) is 2.64. The van der Waals surface area contributed by atoms with Crippen LogP contribution in [-0.2, 0) is 9.47 Å². The molecular formula is C10H19NO4S. The highest BCUT2D eigenvalue weighted by Crippen LogP contribution is 2.29. The number of carbonyl (C=O) groups is 1. The molecule has 0 aliphatic carbocycles. The van der Waals surface area contributed by atoms with E-state index in [1.807, 2.05) is 11.8 Å². The fourth-order valence-corrected chi connectivity index (χ4v) is 2.92. The van der Waals surface area contributed by atoms with Gasteiger partial charge in [-0.1, -0.05) is 0 Å². The number of rotatable bonds is 5. The first kappa shape index (κ1) is 13.6. The molecule has 16 heavy (non-hydrogen) atoms. The monoisotopic (exact) mass is 249 g/mol. The Bertz CT molecular complexity index is 219. The molecule has 0 spiro atoms. The van der Waals surface area contributed by atoms with Crippen LogP contribution in [-0.4, -0.2) is 55.2 Å². The number of hydrogen-bond donors (Lipinski definition) is 2. The first-order valence-electron chi connectivity index (χ1n) is 5.37. The number of aliphatic hydroxyl groups is 1. The molecule has 0 aromatic rings. The lowest BCUT2D eigenvalue weighted by atomic mass is 9.96. The van der Waals surface area contributed by atoms with E-state index in [1.165, 1.54) is 7.11 Å². The summed E-state index contributed by atoms with van der Waals surface area (Å²) < 4.78 is 10.2. The van der Waals surface area contributed by atoms with Gasteiger partial charge in [0.2, 0.25) is 0 Å². The first-order valence-corrected chi connectivity index (χ1v) is 6.52. The number of alkyl carbamates (subject to hydrolysis) is 1. The van der Waals surface area contributed by atoms with Crippen LogP contribution in [0.15, 0.2) is 0 Å². The zero-order valence-electron chi connectivity index (χ0n) is 9.53. The maximum Gasteiger partial charge on any atom is 0.406 e. The number of carbonyl (C=O) groups excluding carboxylic acids is 1. The van der Waals surface area contributed by atoms with Gasteiger partial charge in [0.25, 0.3) is 0 Å². The SMILES string of the molecule is COC(=O)NCC1(OCCO)CCSCC1. The zero-order valence-corrected chi connectivity index (χ0v) is 10.3. The van der Waals surface area contributed by atoms with E-state index in [1.54, 1.807) is 0 Å². The highest BCUT2D eigenvalue weighted by atomic mass is 32.2. The van der Waals surface area contributed by atoms with Gasteiger partial charge in [-0.15, -0.1) is 0 Å². The molecule has 1 amide bonds. The van der Waals surface area contributed by atoms with Crippen molar-refractivity contribution in [1.29, 1.82) is 0 Å². The molecule has 0 aromatic carbocycles. The summed E-state index contributed by atoms with van der Waals surface area (Å²) in [5.41, 5.74) is -0.331. The fourth-order valence-electron chi connectivity index (χ4n) is 1.68. The predicted octanol–water partition coefficient (Wildman–Crippen LogP) is 0.617. The summed E-state index contributed by atoms with van der Waals surface area (Å²) in [5.74, 6) is 2.04. The van der Waals surface area contributed by atoms with Gasteiger partial charge in [0, 0.05) is 6.54 Å². The number of ether oxygens (including phenoxy) is 2. The third kappa shape index (κ3) is 4.19. The van der Waals surface area contributed by atoms with Crippen LogP contribution >= 0.6 is 11.8 Å². The van der Waals surface area contributed by atoms with Gasteiger partial charge in [-0.3, -0.25) is 0 Å². The van der Waals surface area contributed by atoms with E-state index in [9.17, 15) is 4.79 Å². The lowest BCUT2D eigenvalue weighted by molar-refractivity contribution is -0.0612. The lowest BCUT2D eigenvalue weighted by Gasteiger charge is -2.36. The molecule has 1 rings (SSSR count). The fraction of sp³-hybridized carbons (Fsp3) is 0.900. The molecule has 0 unspecified atom stereocenters. The summed E-state index contributed by atoms with van der Waals surface area (Å²) in [5, 5.41) is 11.5. The largest absolute Gasteiger partial charge is 0.453 e. The van der Waals surface area contributed by atoms with Crippen LogP contribution in [0.25, 0.3) is 0 Å². The quantitative estimate of drug-likeness (QED) is 0.747. The van der Waals surface area contributed by atoms with Crippen LogP contribution in [0.3, 0.4) is 0 Å². The average Bonchev–Trinajstić information content (AvgIpc) is 2.35. The van der Waals surface area contributed by atoms with Gasteiger partial charge < -0.3 is 19.9 Å². The Morgan fingerprint density at radius 2 is 2.19 bits per heavy atom. The molecule has 0 bridgehead atoms. The van der Waals surface area contributed by atoms with E-state index >= 15 is 0 Å². The Morgan fingerprint density at radius 3 is 2.75 bits per heavy atom. The Labute approximate surface area is 99.9 Å². The second-order valence-corrected chi connectivity index (χ2v) is 4.94. The molecule has 2 N–H and O–H groups in total. The molecular weight excluding hydrogens is 230 g/mol. The second kappa shape index (κ2) is 6.98. The normalized spacial score (nSPS) is 19.1. The Balaban J connectivity index is 2.45. The number of hydrogen-bond acceptors (Lipinski definition) is 5. The van der Waals surface area contributed by atoms with E-state index < -0.39 is 6.09 Å². The highest BCUT2D eigenvalue weighted by Gasteiger charge is 2.33. The van der Waals surface area contributed by atoms with Crippen molar-refractivity contribution < 1.29 is 19.4 Å². The van der Waals surface area contributed by atoms with Gasteiger partial charge >= 0.3 is 6.09 Å². The average molecular weight is 249 g/mol. The van der Waals surface area contributed by atoms with Crippen molar-refractivity contribution in [3.05, 3.63) is 0 Å². The van der Waals surface area contributed by atoms with Crippen LogP contribution in [0.5, 0.6) is 0 Å². The number of thioether (sulfide) groups is 1. The third-order valence-corrected chi connectivity index (χ3v) is 3.63. The smallest absolute Gasteiger partial charge is 0.406 e. The van der Waals surface area contributed by atoms with Crippen molar-refractivity contribution in [1.82, 2.24) is 5.32 Å². The number of methoxy groups -OCH3 is 1. The van der Waals surface area contributed by atoms with E-state index in [2.05, 4.69) is 10.1 Å². The van der Waals surface area contributed by atoms with E-state index in [4.69, 9.17) is 9.84 Å². The standard InChI is InChI=1S/C10H19NO4S/c1-14-9(13)11-8-10(15-5-4-12)2-6-16-7-3-10/h12H,2-8H2,1H3,(H,11,13). The van der Waals surface area contributed by atoms with Gasteiger partial charge in [0.15, 0.2) is 0 Å². The van der Waals surface area contributed by atoms with Crippen molar-refractivity contribution in [2.45, 2.75) is 18.4 Å². The van der Waals surface area contributed by atoms with E-state index in [0.29, 0.717) is 13.2 Å². The summed E-state index contributed by atoms with van der Waals surface area (Å²) in [7, 11) is 1.34. The molecule has 1 aliphatic heterocycles. The summed E-state index contributed by atoms with van der Waals surface area (Å²) in [6, 6.07) is 0. The molecule has 5 nitrogen and oxygen atoms in total.